The molecule has 0 atom stereocenters. The minimum Gasteiger partial charge on any atom is -0.373 e. The zero-order chi connectivity index (χ0) is 53.7. The third-order valence-corrected chi connectivity index (χ3v) is 14.3. The van der Waals surface area contributed by atoms with Gasteiger partial charge in [0.25, 0.3) is 11.8 Å². The largest absolute Gasteiger partial charge is 0.422 e. The first kappa shape index (κ1) is 54.8. The molecule has 2 aliphatic rings. The smallest absolute Gasteiger partial charge is 0.373 e. The Bertz CT molecular complexity index is 3000. The maximum absolute atomic E-state index is 14.2. The molecule has 0 aliphatic carbocycles. The summed E-state index contributed by atoms with van der Waals surface area (Å²) in [6.45, 7) is 4.19. The van der Waals surface area contributed by atoms with Gasteiger partial charge in [-0.15, -0.1) is 0 Å². The van der Waals surface area contributed by atoms with Gasteiger partial charge in [0, 0.05) is 62.5 Å². The lowest BCUT2D eigenvalue weighted by atomic mass is 9.95. The molecule has 0 bridgehead atoms. The minimum absolute atomic E-state index is 0.0791. The Hall–Kier alpha value is -7.48. The molecule has 0 unspecified atom stereocenters. The normalized spacial score (nSPS) is 15.1. The van der Waals surface area contributed by atoms with Crippen LogP contribution in [-0.2, 0) is 39.1 Å². The monoisotopic (exact) mass is 1080 g/mol. The Morgan fingerprint density at radius 2 is 0.921 bits per heavy atom. The number of carbonyl (C=O) groups excluding carboxylic acids is 4. The maximum Gasteiger partial charge on any atom is 0.422 e. The molecule has 2 aliphatic heterocycles. The Morgan fingerprint density at radius 1 is 0.566 bits per heavy atom. The molecule has 6 aromatic rings. The van der Waals surface area contributed by atoms with Crippen molar-refractivity contribution < 1.29 is 54.5 Å². The third kappa shape index (κ3) is 15.5. The van der Waals surface area contributed by atoms with Crippen molar-refractivity contribution in [3.8, 4) is 45.7 Å². The van der Waals surface area contributed by atoms with Gasteiger partial charge in [0.1, 0.15) is 0 Å². The highest BCUT2D eigenvalue weighted by Crippen LogP contribution is 2.35. The number of rotatable bonds is 20. The van der Waals surface area contributed by atoms with Crippen LogP contribution in [0, 0.1) is 11.8 Å². The fraction of sp³-hybridized carbons (Fsp3) is 0.346. The summed E-state index contributed by atoms with van der Waals surface area (Å²) < 4.78 is 73.6. The highest BCUT2D eigenvalue weighted by molar-refractivity contribution is 7.89. The van der Waals surface area contributed by atoms with E-state index < -0.39 is 44.2 Å². The van der Waals surface area contributed by atoms with E-state index in [1.54, 1.807) is 48.5 Å². The van der Waals surface area contributed by atoms with Crippen LogP contribution in [0.15, 0.2) is 130 Å². The van der Waals surface area contributed by atoms with E-state index in [0.29, 0.717) is 122 Å². The Balaban J connectivity index is 0.975. The topological polar surface area (TPSA) is 270 Å². The number of amides is 2. The van der Waals surface area contributed by atoms with Gasteiger partial charge in [-0.25, -0.2) is 45.5 Å². The summed E-state index contributed by atoms with van der Waals surface area (Å²) in [5, 5.41) is 8.31. The van der Waals surface area contributed by atoms with Crippen LogP contribution in [0.3, 0.4) is 0 Å². The van der Waals surface area contributed by atoms with E-state index in [0.717, 1.165) is 12.5 Å². The molecule has 4 heterocycles. The highest BCUT2D eigenvalue weighted by atomic mass is 32.2. The summed E-state index contributed by atoms with van der Waals surface area (Å²) in [7, 11) is -6.70. The molecule has 0 spiro atoms. The summed E-state index contributed by atoms with van der Waals surface area (Å²) in [6, 6.07) is 32.0. The zero-order valence-corrected chi connectivity index (χ0v) is 43.5. The first-order valence-corrected chi connectivity index (χ1v) is 28.4. The van der Waals surface area contributed by atoms with Crippen molar-refractivity contribution in [2.75, 3.05) is 87.8 Å². The second-order valence-electron chi connectivity index (χ2n) is 18.4. The van der Waals surface area contributed by atoms with E-state index in [1.807, 2.05) is 60.7 Å². The van der Waals surface area contributed by atoms with Crippen molar-refractivity contribution in [3.63, 3.8) is 0 Å². The van der Waals surface area contributed by atoms with Crippen molar-refractivity contribution in [1.82, 2.24) is 39.5 Å². The number of piperidine rings is 2. The van der Waals surface area contributed by atoms with Crippen LogP contribution in [0.25, 0.3) is 45.7 Å². The van der Waals surface area contributed by atoms with Gasteiger partial charge in [-0.3, -0.25) is 9.80 Å². The molecule has 2 N–H and O–H groups in total. The second-order valence-corrected chi connectivity index (χ2v) is 22.1. The van der Waals surface area contributed by atoms with Gasteiger partial charge in [-0.1, -0.05) is 95.2 Å². The number of nitrogens with zero attached hydrogens (tertiary/aromatic N) is 8. The predicted octanol–water partition coefficient (Wildman–Crippen LogP) is 5.84. The van der Waals surface area contributed by atoms with Crippen LogP contribution < -0.4 is 19.2 Å². The van der Waals surface area contributed by atoms with Gasteiger partial charge >= 0.3 is 24.1 Å². The summed E-state index contributed by atoms with van der Waals surface area (Å²) in [5.41, 5.74) is 2.80. The lowest BCUT2D eigenvalue weighted by molar-refractivity contribution is -0.134. The van der Waals surface area contributed by atoms with Crippen LogP contribution >= 0.6 is 0 Å². The van der Waals surface area contributed by atoms with E-state index >= 15 is 0 Å². The standard InChI is InChI=1S/C52H58N10O12S2/c1-75(67,68)53-27-33-59-29-23-37(24-30-59)35-61(43-19-11-9-17-41(43)49-55-47(57-73-49)39-13-5-3-6-14-39)51(65)71-45(63)21-22-46(64)72-52(66)62(36-38-25-31-60(32-26-38)34-28-54-76(2,69)70)44-20-12-10-18-42(44)50-56-48(58-74-50)40-15-7-4-8-16-40/h3-22,37-38,53-54H,23-36H2,1-2H3/b22-21-. The first-order valence-electron chi connectivity index (χ1n) is 24.6. The number of hydrogen-bond donors (Lipinski definition) is 2. The molecular formula is C52H58N10O12S2. The molecule has 8 rings (SSSR count). The van der Waals surface area contributed by atoms with E-state index in [9.17, 15) is 36.0 Å². The number of anilines is 2. The van der Waals surface area contributed by atoms with Crippen molar-refractivity contribution >= 4 is 55.5 Å². The first-order chi connectivity index (χ1) is 36.5. The van der Waals surface area contributed by atoms with Crippen LogP contribution in [0.4, 0.5) is 21.0 Å². The lowest BCUT2D eigenvalue weighted by Gasteiger charge is -2.34. The van der Waals surface area contributed by atoms with E-state index in [2.05, 4.69) is 39.5 Å². The summed E-state index contributed by atoms with van der Waals surface area (Å²) in [5.74, 6) is -1.75. The molecule has 24 heteroatoms. The van der Waals surface area contributed by atoms with E-state index in [4.69, 9.17) is 18.5 Å². The van der Waals surface area contributed by atoms with Crippen molar-refractivity contribution in [1.29, 1.82) is 0 Å². The lowest BCUT2D eigenvalue weighted by Crippen LogP contribution is -2.43. The number of carbonyl (C=O) groups is 4. The molecule has 0 saturated carbocycles. The fourth-order valence-corrected chi connectivity index (χ4v) is 9.89. The Morgan fingerprint density at radius 3 is 1.29 bits per heavy atom. The van der Waals surface area contributed by atoms with Crippen LogP contribution in [0.2, 0.25) is 0 Å². The quantitative estimate of drug-likeness (QED) is 0.0516. The number of para-hydroxylation sites is 2. The number of benzene rings is 4. The second kappa shape index (κ2) is 25.4. The number of aromatic nitrogens is 4. The van der Waals surface area contributed by atoms with Crippen molar-refractivity contribution in [3.05, 3.63) is 121 Å². The minimum atomic E-state index is -3.35. The zero-order valence-electron chi connectivity index (χ0n) is 41.9. The SMILES string of the molecule is CS(=O)(=O)NCCN1CCC(CN(C(=O)OC(=O)/C=C\C(=O)OC(=O)N(CC2CCN(CCNS(C)(=O)=O)CC2)c2ccccc2-c2nc(-c3ccccc3)no2)c2ccccc2-c2nc(-c3ccccc3)no2)CC1. The third-order valence-electron chi connectivity index (χ3n) is 12.8. The van der Waals surface area contributed by atoms with Gasteiger partial charge in [0.2, 0.25) is 31.7 Å². The van der Waals surface area contributed by atoms with Crippen LogP contribution in [0.5, 0.6) is 0 Å². The predicted molar refractivity (Wildman–Crippen MR) is 281 cm³/mol. The van der Waals surface area contributed by atoms with Crippen LogP contribution in [0.1, 0.15) is 25.7 Å². The molecule has 22 nitrogen and oxygen atoms in total. The number of nitrogens with one attached hydrogen (secondary N) is 2. The van der Waals surface area contributed by atoms with Gasteiger partial charge < -0.3 is 28.3 Å². The number of sulfonamides is 2. The molecule has 76 heavy (non-hydrogen) atoms. The molecule has 2 aromatic heterocycles. The maximum atomic E-state index is 14.2. The summed E-state index contributed by atoms with van der Waals surface area (Å²) in [6.07, 6.45) is 4.00. The number of esters is 2. The molecule has 400 valence electrons. The Kier molecular flexibility index (Phi) is 18.3. The fourth-order valence-electron chi connectivity index (χ4n) is 8.96. The molecule has 2 saturated heterocycles. The van der Waals surface area contributed by atoms with E-state index in [-0.39, 0.29) is 49.8 Å². The summed E-state index contributed by atoms with van der Waals surface area (Å²) in [4.78, 5) is 71.4. The van der Waals surface area contributed by atoms with Gasteiger partial charge in [0.05, 0.1) is 35.0 Å². The molecular weight excluding hydrogens is 1020 g/mol. The van der Waals surface area contributed by atoms with Crippen LogP contribution in [-0.4, -0.2) is 149 Å². The Labute approximate surface area is 440 Å². The highest BCUT2D eigenvalue weighted by Gasteiger charge is 2.32. The molecule has 2 fully saturated rings. The van der Waals surface area contributed by atoms with Crippen molar-refractivity contribution in [2.45, 2.75) is 25.7 Å². The average Bonchev–Trinajstić information content (AvgIpc) is 4.12. The summed E-state index contributed by atoms with van der Waals surface area (Å²) >= 11 is 0. The molecule has 4 aromatic carbocycles. The van der Waals surface area contributed by atoms with Gasteiger partial charge in [0.15, 0.2) is 0 Å². The molecule has 0 radical (unpaired) electrons. The number of ether oxygens (including phenoxy) is 2. The van der Waals surface area contributed by atoms with E-state index in [1.165, 1.54) is 9.80 Å². The van der Waals surface area contributed by atoms with Crippen molar-refractivity contribution in [2.24, 2.45) is 11.8 Å². The molecule has 2 amide bonds. The number of likely N-dealkylation sites (tertiary alicyclic amines) is 2. The number of hydrogen-bond acceptors (Lipinski definition) is 18. The van der Waals surface area contributed by atoms with Gasteiger partial charge in [-0.2, -0.15) is 9.97 Å². The van der Waals surface area contributed by atoms with Gasteiger partial charge in [-0.05, 0) is 88.0 Å². The average molecular weight is 1080 g/mol.